The Hall–Kier alpha value is -3.24. The number of ether oxygens (including phenoxy) is 1. The van der Waals surface area contributed by atoms with Crippen LogP contribution in [0.4, 0.5) is 5.69 Å². The van der Waals surface area contributed by atoms with E-state index in [1.807, 2.05) is 52.1 Å². The van der Waals surface area contributed by atoms with Gasteiger partial charge in [0.05, 0.1) is 18.2 Å². The fraction of sp³-hybridized carbons (Fsp3) is 0.375. The van der Waals surface area contributed by atoms with Gasteiger partial charge < -0.3 is 19.4 Å². The van der Waals surface area contributed by atoms with Gasteiger partial charge in [-0.2, -0.15) is 0 Å². The smallest absolute Gasteiger partial charge is 0.279 e. The summed E-state index contributed by atoms with van der Waals surface area (Å²) in [5.41, 5.74) is 4.21. The minimum absolute atomic E-state index is 0.0245. The maximum Gasteiger partial charge on any atom is 0.279 e. The van der Waals surface area contributed by atoms with E-state index in [4.69, 9.17) is 4.74 Å². The first kappa shape index (κ1) is 18.8. The Bertz CT molecular complexity index is 1030. The second-order valence-electron chi connectivity index (χ2n) is 8.08. The zero-order valence-electron chi connectivity index (χ0n) is 17.1. The molecule has 0 spiro atoms. The molecule has 0 aromatic heterocycles. The van der Waals surface area contributed by atoms with Crippen LogP contribution in [0.25, 0.3) is 0 Å². The maximum absolute atomic E-state index is 13.3. The lowest BCUT2D eigenvalue weighted by atomic mass is 9.92. The van der Waals surface area contributed by atoms with Crippen LogP contribution in [0.15, 0.2) is 54.4 Å². The summed E-state index contributed by atoms with van der Waals surface area (Å²) in [6.07, 6.45) is 0.547. The topological polar surface area (TPSA) is 53.1 Å². The van der Waals surface area contributed by atoms with Gasteiger partial charge in [-0.3, -0.25) is 4.79 Å². The Morgan fingerprint density at radius 1 is 1.03 bits per heavy atom. The molecule has 2 aromatic rings. The summed E-state index contributed by atoms with van der Waals surface area (Å²) in [7, 11) is 0. The molecule has 2 aromatic carbocycles. The average Bonchev–Trinajstić information content (AvgIpc) is 3.06. The summed E-state index contributed by atoms with van der Waals surface area (Å²) >= 11 is 0. The van der Waals surface area contributed by atoms with Gasteiger partial charge in [0.1, 0.15) is 6.10 Å². The van der Waals surface area contributed by atoms with Gasteiger partial charge in [-0.1, -0.05) is 36.4 Å². The van der Waals surface area contributed by atoms with Crippen molar-refractivity contribution in [1.29, 1.82) is 0 Å². The van der Waals surface area contributed by atoms with Crippen LogP contribution in [0.1, 0.15) is 28.4 Å². The molecule has 3 heterocycles. The Morgan fingerprint density at radius 3 is 2.57 bits per heavy atom. The highest BCUT2D eigenvalue weighted by molar-refractivity contribution is 6.00. The molecule has 0 aliphatic carbocycles. The van der Waals surface area contributed by atoms with E-state index in [2.05, 4.69) is 24.0 Å². The van der Waals surface area contributed by atoms with E-state index >= 15 is 0 Å². The summed E-state index contributed by atoms with van der Waals surface area (Å²) in [5.74, 6) is 2.26. The van der Waals surface area contributed by atoms with Gasteiger partial charge >= 0.3 is 0 Å². The number of nitrogens with zero attached hydrogens (tertiary/aromatic N) is 3. The van der Waals surface area contributed by atoms with Crippen LogP contribution in [0.2, 0.25) is 0 Å². The van der Waals surface area contributed by atoms with Crippen molar-refractivity contribution < 1.29 is 14.3 Å². The monoisotopic (exact) mass is 403 g/mol. The number of para-hydroxylation sites is 1. The van der Waals surface area contributed by atoms with Crippen molar-refractivity contribution in [3.63, 3.8) is 0 Å². The Kier molecular flexibility index (Phi) is 4.72. The quantitative estimate of drug-likeness (QED) is 0.737. The fourth-order valence-corrected chi connectivity index (χ4v) is 4.92. The fourth-order valence-electron chi connectivity index (χ4n) is 4.92. The molecule has 30 heavy (non-hydrogen) atoms. The minimum atomic E-state index is -0.251. The van der Waals surface area contributed by atoms with Gasteiger partial charge in [0.15, 0.2) is 5.94 Å². The molecule has 2 atom stereocenters. The third kappa shape index (κ3) is 3.04. The van der Waals surface area contributed by atoms with E-state index in [-0.39, 0.29) is 23.9 Å². The van der Waals surface area contributed by atoms with Gasteiger partial charge in [-0.15, -0.1) is 0 Å². The third-order valence-electron chi connectivity index (χ3n) is 6.51. The van der Waals surface area contributed by atoms with Gasteiger partial charge in [0.2, 0.25) is 0 Å². The molecule has 0 unspecified atom stereocenters. The molecular formula is C24H25N3O3. The number of anilines is 1. The molecule has 1 fully saturated rings. The predicted molar refractivity (Wildman–Crippen MR) is 114 cm³/mol. The van der Waals surface area contributed by atoms with Crippen molar-refractivity contribution >= 4 is 17.5 Å². The normalized spacial score (nSPS) is 22.6. The average molecular weight is 403 g/mol. The molecule has 0 radical (unpaired) electrons. The number of fused-ring (bicyclic) bond motifs is 3. The Morgan fingerprint density at radius 2 is 1.77 bits per heavy atom. The van der Waals surface area contributed by atoms with Crippen molar-refractivity contribution in [2.75, 3.05) is 31.1 Å². The van der Waals surface area contributed by atoms with Crippen LogP contribution >= 0.6 is 0 Å². The first-order chi connectivity index (χ1) is 14.7. The van der Waals surface area contributed by atoms with Gasteiger partial charge in [0, 0.05) is 31.9 Å². The molecule has 5 rings (SSSR count). The van der Waals surface area contributed by atoms with Crippen LogP contribution in [-0.4, -0.2) is 60.0 Å². The number of hydrogen-bond acceptors (Lipinski definition) is 5. The van der Waals surface area contributed by atoms with E-state index in [0.29, 0.717) is 19.6 Å². The number of hydrogen-bond donors (Lipinski definition) is 0. The number of rotatable bonds is 3. The van der Waals surface area contributed by atoms with Gasteiger partial charge in [0.25, 0.3) is 11.8 Å². The SMILES string of the molecule is CCN1CCN(C[C@H]2OC(=C=O)N3Cc4ccccc4C[C@@H]23)C(=O)c2ccccc21. The van der Waals surface area contributed by atoms with E-state index in [1.54, 1.807) is 0 Å². The summed E-state index contributed by atoms with van der Waals surface area (Å²) in [6.45, 7) is 5.46. The summed E-state index contributed by atoms with van der Waals surface area (Å²) in [6, 6.07) is 16.1. The molecular weight excluding hydrogens is 378 g/mol. The standard InChI is InChI=1S/C24H25N3O3/c1-2-25-11-12-26(24(29)19-9-5-6-10-20(19)25)15-22-21-13-17-7-3-4-8-18(17)14-27(21)23(16-28)30-22/h3-10,21-22H,2,11-15H2,1H3/t21-,22+/m0/s1. The van der Waals surface area contributed by atoms with Gasteiger partial charge in [-0.25, -0.2) is 4.79 Å². The van der Waals surface area contributed by atoms with Crippen molar-refractivity contribution in [2.45, 2.75) is 32.0 Å². The van der Waals surface area contributed by atoms with E-state index < -0.39 is 0 Å². The lowest BCUT2D eigenvalue weighted by Gasteiger charge is -2.33. The van der Waals surface area contributed by atoms with Crippen molar-refractivity contribution in [3.8, 4) is 0 Å². The van der Waals surface area contributed by atoms with Crippen molar-refractivity contribution in [1.82, 2.24) is 9.80 Å². The summed E-state index contributed by atoms with van der Waals surface area (Å²) < 4.78 is 6.03. The zero-order chi connectivity index (χ0) is 20.7. The highest BCUT2D eigenvalue weighted by Gasteiger charge is 2.44. The molecule has 1 amide bonds. The Balaban J connectivity index is 1.42. The minimum Gasteiger partial charge on any atom is -0.464 e. The van der Waals surface area contributed by atoms with Crippen molar-refractivity contribution in [2.24, 2.45) is 0 Å². The van der Waals surface area contributed by atoms with Crippen LogP contribution in [0.3, 0.4) is 0 Å². The predicted octanol–water partition coefficient (Wildman–Crippen LogP) is 2.47. The third-order valence-corrected chi connectivity index (χ3v) is 6.51. The largest absolute Gasteiger partial charge is 0.464 e. The summed E-state index contributed by atoms with van der Waals surface area (Å²) in [4.78, 5) is 31.0. The number of likely N-dealkylation sites (N-methyl/N-ethyl adjacent to an activating group) is 1. The van der Waals surface area contributed by atoms with E-state index in [9.17, 15) is 9.59 Å². The Labute approximate surface area is 176 Å². The highest BCUT2D eigenvalue weighted by atomic mass is 16.5. The molecule has 6 nitrogen and oxygen atoms in total. The molecule has 0 N–H and O–H groups in total. The van der Waals surface area contributed by atoms with E-state index in [0.717, 1.165) is 30.8 Å². The molecule has 6 heteroatoms. The first-order valence-electron chi connectivity index (χ1n) is 10.6. The van der Waals surface area contributed by atoms with E-state index in [1.165, 1.54) is 11.1 Å². The number of carbonyl (C=O) groups excluding carboxylic acids is 2. The van der Waals surface area contributed by atoms with Crippen LogP contribution in [0.5, 0.6) is 0 Å². The van der Waals surface area contributed by atoms with Crippen LogP contribution < -0.4 is 4.90 Å². The molecule has 1 saturated heterocycles. The lowest BCUT2D eigenvalue weighted by molar-refractivity contribution is 0.0613. The second kappa shape index (κ2) is 7.54. The van der Waals surface area contributed by atoms with Crippen LogP contribution in [-0.2, 0) is 22.5 Å². The zero-order valence-corrected chi connectivity index (χ0v) is 17.1. The molecule has 3 aliphatic heterocycles. The van der Waals surface area contributed by atoms with Crippen LogP contribution in [0, 0.1) is 0 Å². The summed E-state index contributed by atoms with van der Waals surface area (Å²) in [5, 5.41) is 0. The molecule has 0 saturated carbocycles. The molecule has 0 bridgehead atoms. The second-order valence-corrected chi connectivity index (χ2v) is 8.08. The van der Waals surface area contributed by atoms with Crippen molar-refractivity contribution in [3.05, 3.63) is 71.1 Å². The number of amides is 1. The highest BCUT2D eigenvalue weighted by Crippen LogP contribution is 2.35. The molecule has 154 valence electrons. The van der Waals surface area contributed by atoms with Gasteiger partial charge in [-0.05, 0) is 36.6 Å². The first-order valence-corrected chi connectivity index (χ1v) is 10.6. The lowest BCUT2D eigenvalue weighted by Crippen LogP contribution is -2.47. The maximum atomic E-state index is 13.3. The number of benzene rings is 2. The number of carbonyl (C=O) groups is 1. The molecule has 3 aliphatic rings.